The number of nitrogens with zero attached hydrogens (tertiary/aromatic N) is 2. The van der Waals surface area contributed by atoms with E-state index in [4.69, 9.17) is 5.73 Å². The van der Waals surface area contributed by atoms with Crippen LogP contribution in [0.4, 0.5) is 0 Å². The summed E-state index contributed by atoms with van der Waals surface area (Å²) in [6.07, 6.45) is 4.81. The van der Waals surface area contributed by atoms with Crippen molar-refractivity contribution in [3.8, 4) is 0 Å². The summed E-state index contributed by atoms with van der Waals surface area (Å²) < 4.78 is 1.84. The van der Waals surface area contributed by atoms with Crippen LogP contribution in [0.5, 0.6) is 0 Å². The zero-order chi connectivity index (χ0) is 11.4. The zero-order valence-electron chi connectivity index (χ0n) is 9.95. The van der Waals surface area contributed by atoms with Gasteiger partial charge < -0.3 is 5.73 Å². The number of rotatable bonds is 5. The van der Waals surface area contributed by atoms with Crippen molar-refractivity contribution >= 4 is 0 Å². The third-order valence-electron chi connectivity index (χ3n) is 2.68. The second kappa shape index (κ2) is 5.12. The molecule has 84 valence electrons. The van der Waals surface area contributed by atoms with Crippen molar-refractivity contribution in [2.24, 2.45) is 12.8 Å². The van der Waals surface area contributed by atoms with Gasteiger partial charge in [-0.05, 0) is 19.3 Å². The lowest BCUT2D eigenvalue weighted by Gasteiger charge is -2.12. The smallest absolute Gasteiger partial charge is 0.0669 e. The topological polar surface area (TPSA) is 43.8 Å². The van der Waals surface area contributed by atoms with E-state index < -0.39 is 0 Å². The summed E-state index contributed by atoms with van der Waals surface area (Å²) in [6, 6.07) is 0.0427. The minimum absolute atomic E-state index is 0.0427. The van der Waals surface area contributed by atoms with E-state index in [0.717, 1.165) is 30.5 Å². The van der Waals surface area contributed by atoms with Crippen LogP contribution >= 0.6 is 0 Å². The van der Waals surface area contributed by atoms with E-state index >= 15 is 0 Å². The molecule has 1 atom stereocenters. The molecule has 1 aromatic rings. The number of hydrogen-bond donors (Lipinski definition) is 1. The third kappa shape index (κ3) is 2.93. The molecule has 0 aliphatic heterocycles. The summed E-state index contributed by atoms with van der Waals surface area (Å²) in [5, 5.41) is 4.39. The first-order chi connectivity index (χ1) is 7.08. The van der Waals surface area contributed by atoms with Gasteiger partial charge in [0.05, 0.1) is 5.69 Å². The molecule has 0 radical (unpaired) electrons. The molecular weight excluding hydrogens is 186 g/mol. The van der Waals surface area contributed by atoms with Gasteiger partial charge in [0.1, 0.15) is 0 Å². The average Bonchev–Trinajstić information content (AvgIpc) is 2.59. The number of aryl methyl sites for hydroxylation is 2. The predicted molar refractivity (Wildman–Crippen MR) is 63.6 cm³/mol. The van der Waals surface area contributed by atoms with Gasteiger partial charge >= 0.3 is 0 Å². The molecule has 0 fully saturated rings. The maximum absolute atomic E-state index is 6.15. The lowest BCUT2D eigenvalue weighted by Crippen LogP contribution is -2.12. The molecule has 0 spiro atoms. The monoisotopic (exact) mass is 207 g/mol. The molecular formula is C12H21N3. The Labute approximate surface area is 92.0 Å². The number of nitrogens with two attached hydrogens (primary N) is 1. The molecule has 0 saturated heterocycles. The zero-order valence-corrected chi connectivity index (χ0v) is 9.95. The van der Waals surface area contributed by atoms with Crippen LogP contribution in [0.3, 0.4) is 0 Å². The molecule has 0 saturated carbocycles. The molecule has 1 rings (SSSR count). The van der Waals surface area contributed by atoms with E-state index in [1.54, 1.807) is 0 Å². The Kier molecular flexibility index (Phi) is 4.09. The van der Waals surface area contributed by atoms with Crippen molar-refractivity contribution in [2.75, 3.05) is 0 Å². The first kappa shape index (κ1) is 12.0. The van der Waals surface area contributed by atoms with Gasteiger partial charge in [-0.3, -0.25) is 4.68 Å². The van der Waals surface area contributed by atoms with E-state index in [0.29, 0.717) is 0 Å². The SMILES string of the molecule is C=C(CC)CC(N)c1cn(C)nc1CC. The lowest BCUT2D eigenvalue weighted by atomic mass is 9.99. The molecule has 0 amide bonds. The van der Waals surface area contributed by atoms with Crippen LogP contribution in [0.1, 0.15) is 44.0 Å². The summed E-state index contributed by atoms with van der Waals surface area (Å²) in [5.74, 6) is 0. The van der Waals surface area contributed by atoms with Crippen LogP contribution in [0.15, 0.2) is 18.3 Å². The summed E-state index contributed by atoms with van der Waals surface area (Å²) >= 11 is 0. The van der Waals surface area contributed by atoms with Gasteiger partial charge in [-0.25, -0.2) is 0 Å². The minimum atomic E-state index is 0.0427. The van der Waals surface area contributed by atoms with Gasteiger partial charge in [0, 0.05) is 24.8 Å². The number of hydrogen-bond acceptors (Lipinski definition) is 2. The van der Waals surface area contributed by atoms with E-state index in [-0.39, 0.29) is 6.04 Å². The minimum Gasteiger partial charge on any atom is -0.324 e. The molecule has 1 aromatic heterocycles. The Morgan fingerprint density at radius 2 is 2.27 bits per heavy atom. The van der Waals surface area contributed by atoms with Crippen molar-refractivity contribution in [3.63, 3.8) is 0 Å². The molecule has 3 nitrogen and oxygen atoms in total. The molecule has 2 N–H and O–H groups in total. The van der Waals surface area contributed by atoms with E-state index in [9.17, 15) is 0 Å². The van der Waals surface area contributed by atoms with Crippen LogP contribution < -0.4 is 5.73 Å². The van der Waals surface area contributed by atoms with Crippen LogP contribution in [-0.4, -0.2) is 9.78 Å². The van der Waals surface area contributed by atoms with Gasteiger partial charge in [0.15, 0.2) is 0 Å². The van der Waals surface area contributed by atoms with Crippen LogP contribution in [0, 0.1) is 0 Å². The molecule has 0 aliphatic carbocycles. The summed E-state index contributed by atoms with van der Waals surface area (Å²) in [7, 11) is 1.93. The maximum Gasteiger partial charge on any atom is 0.0669 e. The molecule has 1 unspecified atom stereocenters. The molecule has 0 bridgehead atoms. The fourth-order valence-corrected chi connectivity index (χ4v) is 1.70. The molecule has 3 heteroatoms. The molecule has 1 heterocycles. The highest BCUT2D eigenvalue weighted by atomic mass is 15.3. The van der Waals surface area contributed by atoms with Crippen LogP contribution in [-0.2, 0) is 13.5 Å². The largest absolute Gasteiger partial charge is 0.324 e. The molecule has 0 aromatic carbocycles. The molecule has 0 aliphatic rings. The van der Waals surface area contributed by atoms with E-state index in [1.807, 2.05) is 17.9 Å². The Balaban J connectivity index is 2.80. The third-order valence-corrected chi connectivity index (χ3v) is 2.68. The first-order valence-corrected chi connectivity index (χ1v) is 5.53. The van der Waals surface area contributed by atoms with Crippen molar-refractivity contribution in [1.82, 2.24) is 9.78 Å². The normalized spacial score (nSPS) is 12.8. The first-order valence-electron chi connectivity index (χ1n) is 5.53. The van der Waals surface area contributed by atoms with Gasteiger partial charge in [-0.2, -0.15) is 5.10 Å². The average molecular weight is 207 g/mol. The second-order valence-electron chi connectivity index (χ2n) is 3.97. The van der Waals surface area contributed by atoms with Crippen molar-refractivity contribution in [3.05, 3.63) is 29.6 Å². The maximum atomic E-state index is 6.15. The van der Waals surface area contributed by atoms with Crippen molar-refractivity contribution < 1.29 is 0 Å². The summed E-state index contributed by atoms with van der Waals surface area (Å²) in [4.78, 5) is 0. The summed E-state index contributed by atoms with van der Waals surface area (Å²) in [6.45, 7) is 8.21. The lowest BCUT2D eigenvalue weighted by molar-refractivity contribution is 0.692. The fraction of sp³-hybridized carbons (Fsp3) is 0.583. The van der Waals surface area contributed by atoms with Crippen LogP contribution in [0.25, 0.3) is 0 Å². The van der Waals surface area contributed by atoms with Crippen molar-refractivity contribution in [2.45, 2.75) is 39.2 Å². The highest BCUT2D eigenvalue weighted by Crippen LogP contribution is 2.22. The fourth-order valence-electron chi connectivity index (χ4n) is 1.70. The second-order valence-corrected chi connectivity index (χ2v) is 3.97. The van der Waals surface area contributed by atoms with Gasteiger partial charge in [0.25, 0.3) is 0 Å². The van der Waals surface area contributed by atoms with Crippen molar-refractivity contribution in [1.29, 1.82) is 0 Å². The van der Waals surface area contributed by atoms with E-state index in [2.05, 4.69) is 25.5 Å². The Bertz CT molecular complexity index is 339. The highest BCUT2D eigenvalue weighted by molar-refractivity contribution is 5.22. The quantitative estimate of drug-likeness (QED) is 0.753. The molecule has 15 heavy (non-hydrogen) atoms. The Morgan fingerprint density at radius 3 is 2.80 bits per heavy atom. The van der Waals surface area contributed by atoms with Gasteiger partial charge in [-0.15, -0.1) is 0 Å². The van der Waals surface area contributed by atoms with Crippen LogP contribution in [0.2, 0.25) is 0 Å². The van der Waals surface area contributed by atoms with E-state index in [1.165, 1.54) is 5.57 Å². The van der Waals surface area contributed by atoms with Gasteiger partial charge in [-0.1, -0.05) is 26.0 Å². The summed E-state index contributed by atoms with van der Waals surface area (Å²) in [5.41, 5.74) is 9.62. The Morgan fingerprint density at radius 1 is 1.60 bits per heavy atom. The number of aromatic nitrogens is 2. The predicted octanol–water partition coefficient (Wildman–Crippen LogP) is 2.34. The Hall–Kier alpha value is -1.09. The van der Waals surface area contributed by atoms with Gasteiger partial charge in [0.2, 0.25) is 0 Å². The highest BCUT2D eigenvalue weighted by Gasteiger charge is 2.14. The standard InChI is InChI=1S/C12H21N3/c1-5-9(3)7-11(13)10-8-15(4)14-12(10)6-2/h8,11H,3,5-7,13H2,1-2,4H3.